The normalized spacial score (nSPS) is 10.6. The molecule has 0 aliphatic heterocycles. The van der Waals surface area contributed by atoms with Crippen molar-refractivity contribution in [3.63, 3.8) is 0 Å². The van der Waals surface area contributed by atoms with Crippen molar-refractivity contribution >= 4 is 0 Å². The van der Waals surface area contributed by atoms with Crippen molar-refractivity contribution in [2.24, 2.45) is 0 Å². The topological polar surface area (TPSA) is 30.7 Å². The Labute approximate surface area is 112 Å². The van der Waals surface area contributed by atoms with Crippen molar-refractivity contribution in [3.05, 3.63) is 66.0 Å². The van der Waals surface area contributed by atoms with Crippen LogP contribution in [0.3, 0.4) is 0 Å². The summed E-state index contributed by atoms with van der Waals surface area (Å²) in [7, 11) is 0. The first-order chi connectivity index (χ1) is 9.27. The van der Waals surface area contributed by atoms with Crippen LogP contribution in [0.1, 0.15) is 11.1 Å². The molecule has 0 bridgehead atoms. The molecule has 0 fully saturated rings. The maximum Gasteiger partial charge on any atom is 0.168 e. The molecular weight excluding hydrogens is 234 g/mol. The lowest BCUT2D eigenvalue weighted by molar-refractivity contribution is 1.03. The lowest BCUT2D eigenvalue weighted by Gasteiger charge is -2.12. The molecule has 0 N–H and O–H groups in total. The fourth-order valence-electron chi connectivity index (χ4n) is 2.37. The summed E-state index contributed by atoms with van der Waals surface area (Å²) in [5, 5.41) is 8.33. The molecule has 0 unspecified atom stereocenters. The van der Waals surface area contributed by atoms with Crippen LogP contribution in [-0.4, -0.2) is 14.8 Å². The smallest absolute Gasteiger partial charge is 0.168 e. The van der Waals surface area contributed by atoms with Crippen LogP contribution in [0.5, 0.6) is 0 Å². The van der Waals surface area contributed by atoms with Gasteiger partial charge in [0.05, 0.1) is 5.69 Å². The number of hydrogen-bond donors (Lipinski definition) is 0. The summed E-state index contributed by atoms with van der Waals surface area (Å²) in [6.45, 7) is 4.22. The number of aryl methyl sites for hydroxylation is 2. The molecule has 0 radical (unpaired) electrons. The van der Waals surface area contributed by atoms with E-state index in [4.69, 9.17) is 0 Å². The summed E-state index contributed by atoms with van der Waals surface area (Å²) in [5.41, 5.74) is 4.67. The van der Waals surface area contributed by atoms with Gasteiger partial charge >= 0.3 is 0 Å². The fraction of sp³-hybridized carbons (Fsp3) is 0.125. The molecule has 0 amide bonds. The Morgan fingerprint density at radius 2 is 1.53 bits per heavy atom. The summed E-state index contributed by atoms with van der Waals surface area (Å²) in [4.78, 5) is 0. The molecule has 3 nitrogen and oxygen atoms in total. The van der Waals surface area contributed by atoms with E-state index in [1.54, 1.807) is 6.33 Å². The van der Waals surface area contributed by atoms with Crippen LogP contribution in [0, 0.1) is 13.8 Å². The van der Waals surface area contributed by atoms with E-state index in [2.05, 4.69) is 46.8 Å². The van der Waals surface area contributed by atoms with Gasteiger partial charge in [-0.25, -0.2) is 0 Å². The predicted molar refractivity (Wildman–Crippen MR) is 76.3 cm³/mol. The second-order valence-corrected chi connectivity index (χ2v) is 4.63. The van der Waals surface area contributed by atoms with Crippen molar-refractivity contribution in [3.8, 4) is 17.1 Å². The van der Waals surface area contributed by atoms with Gasteiger partial charge in [0, 0.05) is 5.56 Å². The SMILES string of the molecule is Cc1cccc(C)c1-n1cnnc1-c1ccccc1. The molecule has 0 saturated heterocycles. The summed E-state index contributed by atoms with van der Waals surface area (Å²) in [6, 6.07) is 16.4. The quantitative estimate of drug-likeness (QED) is 0.695. The van der Waals surface area contributed by atoms with Gasteiger partial charge in [-0.15, -0.1) is 10.2 Å². The molecule has 19 heavy (non-hydrogen) atoms. The molecule has 3 aromatic rings. The van der Waals surface area contributed by atoms with Crippen LogP contribution in [0.4, 0.5) is 0 Å². The first kappa shape index (κ1) is 11.7. The first-order valence-corrected chi connectivity index (χ1v) is 6.29. The van der Waals surface area contributed by atoms with E-state index in [1.807, 2.05) is 30.3 Å². The van der Waals surface area contributed by atoms with E-state index >= 15 is 0 Å². The largest absolute Gasteiger partial charge is 0.281 e. The van der Waals surface area contributed by atoms with E-state index < -0.39 is 0 Å². The van der Waals surface area contributed by atoms with Gasteiger partial charge in [-0.3, -0.25) is 4.57 Å². The fourth-order valence-corrected chi connectivity index (χ4v) is 2.37. The second kappa shape index (κ2) is 4.69. The van der Waals surface area contributed by atoms with Gasteiger partial charge in [0.15, 0.2) is 5.82 Å². The van der Waals surface area contributed by atoms with Gasteiger partial charge in [-0.1, -0.05) is 48.5 Å². The highest BCUT2D eigenvalue weighted by Crippen LogP contribution is 2.24. The van der Waals surface area contributed by atoms with Crippen molar-refractivity contribution in [1.29, 1.82) is 0 Å². The Morgan fingerprint density at radius 1 is 0.842 bits per heavy atom. The van der Waals surface area contributed by atoms with Crippen molar-refractivity contribution in [1.82, 2.24) is 14.8 Å². The highest BCUT2D eigenvalue weighted by atomic mass is 15.3. The number of para-hydroxylation sites is 1. The third-order valence-electron chi connectivity index (χ3n) is 3.26. The molecular formula is C16H15N3. The van der Waals surface area contributed by atoms with E-state index in [9.17, 15) is 0 Å². The van der Waals surface area contributed by atoms with E-state index in [0.717, 1.165) is 17.1 Å². The predicted octanol–water partition coefficient (Wildman–Crippen LogP) is 3.55. The van der Waals surface area contributed by atoms with Crippen LogP contribution < -0.4 is 0 Å². The Balaban J connectivity index is 2.21. The van der Waals surface area contributed by atoms with Crippen molar-refractivity contribution in [2.45, 2.75) is 13.8 Å². The Morgan fingerprint density at radius 3 is 2.21 bits per heavy atom. The maximum atomic E-state index is 4.26. The summed E-state index contributed by atoms with van der Waals surface area (Å²) in [6.07, 6.45) is 1.78. The van der Waals surface area contributed by atoms with Crippen LogP contribution in [-0.2, 0) is 0 Å². The molecule has 94 valence electrons. The van der Waals surface area contributed by atoms with Gasteiger partial charge in [0.25, 0.3) is 0 Å². The number of rotatable bonds is 2. The zero-order chi connectivity index (χ0) is 13.2. The highest BCUT2D eigenvalue weighted by molar-refractivity contribution is 5.60. The minimum Gasteiger partial charge on any atom is -0.281 e. The molecule has 3 rings (SSSR count). The minimum absolute atomic E-state index is 0.873. The van der Waals surface area contributed by atoms with Gasteiger partial charge in [-0.05, 0) is 25.0 Å². The van der Waals surface area contributed by atoms with Gasteiger partial charge in [-0.2, -0.15) is 0 Å². The zero-order valence-electron chi connectivity index (χ0n) is 11.0. The summed E-state index contributed by atoms with van der Waals surface area (Å²) >= 11 is 0. The molecule has 0 aliphatic carbocycles. The average Bonchev–Trinajstić information content (AvgIpc) is 2.89. The second-order valence-electron chi connectivity index (χ2n) is 4.63. The Hall–Kier alpha value is -2.42. The highest BCUT2D eigenvalue weighted by Gasteiger charge is 2.11. The molecule has 0 saturated carbocycles. The third kappa shape index (κ3) is 2.03. The Bertz CT molecular complexity index is 679. The maximum absolute atomic E-state index is 4.26. The lowest BCUT2D eigenvalue weighted by Crippen LogP contribution is -2.01. The number of aromatic nitrogens is 3. The third-order valence-corrected chi connectivity index (χ3v) is 3.26. The minimum atomic E-state index is 0.873. The zero-order valence-corrected chi connectivity index (χ0v) is 11.0. The van der Waals surface area contributed by atoms with Crippen molar-refractivity contribution in [2.75, 3.05) is 0 Å². The summed E-state index contributed by atoms with van der Waals surface area (Å²) < 4.78 is 2.06. The number of benzene rings is 2. The van der Waals surface area contributed by atoms with Gasteiger partial charge < -0.3 is 0 Å². The van der Waals surface area contributed by atoms with E-state index in [0.29, 0.717) is 0 Å². The van der Waals surface area contributed by atoms with Crippen LogP contribution >= 0.6 is 0 Å². The lowest BCUT2D eigenvalue weighted by atomic mass is 10.1. The van der Waals surface area contributed by atoms with Gasteiger partial charge in [0.1, 0.15) is 6.33 Å². The standard InChI is InChI=1S/C16H15N3/c1-12-7-6-8-13(2)15(12)19-11-17-18-16(19)14-9-4-3-5-10-14/h3-11H,1-2H3. The van der Waals surface area contributed by atoms with Gasteiger partial charge in [0.2, 0.25) is 0 Å². The Kier molecular flexibility index (Phi) is 2.88. The average molecular weight is 249 g/mol. The molecule has 3 heteroatoms. The molecule has 2 aromatic carbocycles. The van der Waals surface area contributed by atoms with E-state index in [1.165, 1.54) is 11.1 Å². The van der Waals surface area contributed by atoms with Crippen LogP contribution in [0.2, 0.25) is 0 Å². The van der Waals surface area contributed by atoms with E-state index in [-0.39, 0.29) is 0 Å². The molecule has 0 atom stereocenters. The summed E-state index contributed by atoms with van der Waals surface area (Å²) in [5.74, 6) is 0.873. The molecule has 1 heterocycles. The molecule has 0 aliphatic rings. The monoisotopic (exact) mass is 249 g/mol. The molecule has 1 aromatic heterocycles. The molecule has 0 spiro atoms. The first-order valence-electron chi connectivity index (χ1n) is 6.29. The van der Waals surface area contributed by atoms with Crippen LogP contribution in [0.25, 0.3) is 17.1 Å². The number of hydrogen-bond acceptors (Lipinski definition) is 2. The van der Waals surface area contributed by atoms with Crippen molar-refractivity contribution < 1.29 is 0 Å². The van der Waals surface area contributed by atoms with Crippen LogP contribution in [0.15, 0.2) is 54.9 Å². The number of nitrogens with zero attached hydrogens (tertiary/aromatic N) is 3.